The molecule has 0 bridgehead atoms. The number of benzene rings is 1. The van der Waals surface area contributed by atoms with Crippen molar-refractivity contribution in [2.75, 3.05) is 6.54 Å². The number of aromatic hydroxyl groups is 1. The maximum atomic E-state index is 9.78. The zero-order chi connectivity index (χ0) is 11.5. The molecule has 3 heteroatoms. The summed E-state index contributed by atoms with van der Waals surface area (Å²) in [6.07, 6.45) is 4.08. The number of rotatable bonds is 4. The van der Waals surface area contributed by atoms with E-state index in [9.17, 15) is 5.11 Å². The van der Waals surface area contributed by atoms with Gasteiger partial charge in [-0.2, -0.15) is 0 Å². The Hall–Kier alpha value is -0.540. The van der Waals surface area contributed by atoms with Crippen molar-refractivity contribution in [3.05, 3.63) is 28.2 Å². The van der Waals surface area contributed by atoms with Crippen molar-refractivity contribution < 1.29 is 5.11 Å². The first-order valence-corrected chi connectivity index (χ1v) is 6.68. The molecular formula is C13H18BrNO. The van der Waals surface area contributed by atoms with Crippen LogP contribution in [0.2, 0.25) is 0 Å². The first kappa shape index (κ1) is 11.9. The highest BCUT2D eigenvalue weighted by Crippen LogP contribution is 2.29. The van der Waals surface area contributed by atoms with Gasteiger partial charge in [0, 0.05) is 16.1 Å². The Bertz CT molecular complexity index is 363. The molecule has 88 valence electrons. The maximum Gasteiger partial charge on any atom is 0.120 e. The van der Waals surface area contributed by atoms with Gasteiger partial charge in [0.2, 0.25) is 0 Å². The minimum atomic E-state index is 0.207. The normalized spacial score (nSPS) is 18.1. The molecule has 1 aromatic carbocycles. The number of phenols is 1. The standard InChI is InChI=1S/C13H18BrNO/c1-9(15-8-10-3-2-4-10)12-7-11(14)5-6-13(12)16/h5-7,9-10,15-16H,2-4,8H2,1H3. The van der Waals surface area contributed by atoms with E-state index in [0.717, 1.165) is 22.5 Å². The van der Waals surface area contributed by atoms with E-state index in [1.807, 2.05) is 12.1 Å². The number of hydrogen-bond acceptors (Lipinski definition) is 2. The van der Waals surface area contributed by atoms with Gasteiger partial charge >= 0.3 is 0 Å². The molecular weight excluding hydrogens is 266 g/mol. The minimum absolute atomic E-state index is 0.207. The number of phenolic OH excluding ortho intramolecular Hbond substituents is 1. The Morgan fingerprint density at radius 1 is 1.50 bits per heavy atom. The molecule has 0 saturated heterocycles. The lowest BCUT2D eigenvalue weighted by Gasteiger charge is -2.27. The van der Waals surface area contributed by atoms with Crippen molar-refractivity contribution in [1.29, 1.82) is 0 Å². The molecule has 1 atom stereocenters. The molecule has 1 fully saturated rings. The van der Waals surface area contributed by atoms with E-state index in [4.69, 9.17) is 0 Å². The van der Waals surface area contributed by atoms with Gasteiger partial charge in [0.1, 0.15) is 5.75 Å². The second-order valence-electron chi connectivity index (χ2n) is 4.63. The molecule has 1 aliphatic rings. The summed E-state index contributed by atoms with van der Waals surface area (Å²) >= 11 is 3.43. The van der Waals surface area contributed by atoms with Gasteiger partial charge in [-0.1, -0.05) is 22.4 Å². The third kappa shape index (κ3) is 2.77. The van der Waals surface area contributed by atoms with Crippen LogP contribution in [0.5, 0.6) is 5.75 Å². The Morgan fingerprint density at radius 2 is 2.25 bits per heavy atom. The number of hydrogen-bond donors (Lipinski definition) is 2. The second kappa shape index (κ2) is 5.19. The molecule has 1 aliphatic carbocycles. The topological polar surface area (TPSA) is 32.3 Å². The third-order valence-corrected chi connectivity index (χ3v) is 3.89. The van der Waals surface area contributed by atoms with Gasteiger partial charge in [-0.05, 0) is 50.4 Å². The summed E-state index contributed by atoms with van der Waals surface area (Å²) < 4.78 is 1.01. The van der Waals surface area contributed by atoms with Crippen LogP contribution in [0, 0.1) is 5.92 Å². The fourth-order valence-corrected chi connectivity index (χ4v) is 2.40. The molecule has 2 nitrogen and oxygen atoms in total. The van der Waals surface area contributed by atoms with Gasteiger partial charge in [0.25, 0.3) is 0 Å². The van der Waals surface area contributed by atoms with Gasteiger partial charge in [-0.3, -0.25) is 0 Å². The predicted octanol–water partition coefficient (Wildman–Crippen LogP) is 3.61. The predicted molar refractivity (Wildman–Crippen MR) is 69.6 cm³/mol. The summed E-state index contributed by atoms with van der Waals surface area (Å²) in [6.45, 7) is 3.16. The third-order valence-electron chi connectivity index (χ3n) is 3.39. The zero-order valence-corrected chi connectivity index (χ0v) is 11.1. The fraction of sp³-hybridized carbons (Fsp3) is 0.538. The van der Waals surface area contributed by atoms with Crippen LogP contribution in [0.15, 0.2) is 22.7 Å². The van der Waals surface area contributed by atoms with Crippen LogP contribution >= 0.6 is 15.9 Å². The zero-order valence-electron chi connectivity index (χ0n) is 9.54. The highest BCUT2D eigenvalue weighted by Gasteiger charge is 2.18. The number of halogens is 1. The summed E-state index contributed by atoms with van der Waals surface area (Å²) in [7, 11) is 0. The van der Waals surface area contributed by atoms with E-state index < -0.39 is 0 Å². The van der Waals surface area contributed by atoms with Gasteiger partial charge in [-0.15, -0.1) is 0 Å². The van der Waals surface area contributed by atoms with E-state index in [1.165, 1.54) is 19.3 Å². The monoisotopic (exact) mass is 283 g/mol. The lowest BCUT2D eigenvalue weighted by Crippen LogP contribution is -2.29. The Labute approximate surface area is 105 Å². The average Bonchev–Trinajstić information content (AvgIpc) is 2.19. The second-order valence-corrected chi connectivity index (χ2v) is 5.55. The largest absolute Gasteiger partial charge is 0.508 e. The van der Waals surface area contributed by atoms with Crippen molar-refractivity contribution in [3.8, 4) is 5.75 Å². The van der Waals surface area contributed by atoms with Crippen LogP contribution in [-0.4, -0.2) is 11.7 Å². The van der Waals surface area contributed by atoms with Crippen molar-refractivity contribution in [3.63, 3.8) is 0 Å². The molecule has 2 rings (SSSR count). The molecule has 0 radical (unpaired) electrons. The van der Waals surface area contributed by atoms with Gasteiger partial charge in [-0.25, -0.2) is 0 Å². The van der Waals surface area contributed by atoms with Gasteiger partial charge < -0.3 is 10.4 Å². The van der Waals surface area contributed by atoms with Gasteiger partial charge in [0.15, 0.2) is 0 Å². The molecule has 0 aromatic heterocycles. The van der Waals surface area contributed by atoms with Crippen molar-refractivity contribution in [2.45, 2.75) is 32.2 Å². The fourth-order valence-electron chi connectivity index (χ4n) is 2.02. The van der Waals surface area contributed by atoms with Crippen LogP contribution in [0.1, 0.15) is 37.8 Å². The summed E-state index contributed by atoms with van der Waals surface area (Å²) in [5, 5.41) is 13.3. The van der Waals surface area contributed by atoms with Crippen LogP contribution in [0.4, 0.5) is 0 Å². The number of nitrogens with one attached hydrogen (secondary N) is 1. The van der Waals surface area contributed by atoms with Crippen molar-refractivity contribution >= 4 is 15.9 Å². The van der Waals surface area contributed by atoms with Crippen molar-refractivity contribution in [2.24, 2.45) is 5.92 Å². The SMILES string of the molecule is CC(NCC1CCC1)c1cc(Br)ccc1O. The smallest absolute Gasteiger partial charge is 0.120 e. The first-order chi connectivity index (χ1) is 7.66. The van der Waals surface area contributed by atoms with Crippen molar-refractivity contribution in [1.82, 2.24) is 5.32 Å². The Balaban J connectivity index is 1.95. The van der Waals surface area contributed by atoms with Crippen LogP contribution in [0.25, 0.3) is 0 Å². The lowest BCUT2D eigenvalue weighted by atomic mass is 9.85. The average molecular weight is 284 g/mol. The Morgan fingerprint density at radius 3 is 2.88 bits per heavy atom. The summed E-state index contributed by atoms with van der Waals surface area (Å²) in [5.41, 5.74) is 0.966. The molecule has 0 aliphatic heterocycles. The summed E-state index contributed by atoms with van der Waals surface area (Å²) in [5.74, 6) is 1.22. The molecule has 1 unspecified atom stereocenters. The summed E-state index contributed by atoms with van der Waals surface area (Å²) in [6, 6.07) is 5.78. The molecule has 2 N–H and O–H groups in total. The maximum absolute atomic E-state index is 9.78. The highest BCUT2D eigenvalue weighted by atomic mass is 79.9. The van der Waals surface area contributed by atoms with Crippen LogP contribution in [0.3, 0.4) is 0 Å². The quantitative estimate of drug-likeness (QED) is 0.885. The van der Waals surface area contributed by atoms with E-state index in [1.54, 1.807) is 6.07 Å². The first-order valence-electron chi connectivity index (χ1n) is 5.88. The van der Waals surface area contributed by atoms with E-state index in [2.05, 4.69) is 28.2 Å². The molecule has 0 heterocycles. The van der Waals surface area contributed by atoms with Crippen LogP contribution in [-0.2, 0) is 0 Å². The van der Waals surface area contributed by atoms with E-state index in [-0.39, 0.29) is 6.04 Å². The van der Waals surface area contributed by atoms with Gasteiger partial charge in [0.05, 0.1) is 0 Å². The minimum Gasteiger partial charge on any atom is -0.508 e. The van der Waals surface area contributed by atoms with E-state index in [0.29, 0.717) is 5.75 Å². The molecule has 0 spiro atoms. The highest BCUT2D eigenvalue weighted by molar-refractivity contribution is 9.10. The molecule has 1 saturated carbocycles. The lowest BCUT2D eigenvalue weighted by molar-refractivity contribution is 0.291. The Kier molecular flexibility index (Phi) is 3.87. The molecule has 0 amide bonds. The van der Waals surface area contributed by atoms with E-state index >= 15 is 0 Å². The summed E-state index contributed by atoms with van der Waals surface area (Å²) in [4.78, 5) is 0. The molecule has 16 heavy (non-hydrogen) atoms. The van der Waals surface area contributed by atoms with Crippen LogP contribution < -0.4 is 5.32 Å². The molecule has 1 aromatic rings.